The zero-order chi connectivity index (χ0) is 12.2. The number of hydrogen-bond donors (Lipinski definition) is 1. The van der Waals surface area contributed by atoms with Gasteiger partial charge in [0.1, 0.15) is 0 Å². The molecule has 1 rings (SSSR count). The molecule has 1 aliphatic heterocycles. The summed E-state index contributed by atoms with van der Waals surface area (Å²) < 4.78 is 0. The highest BCUT2D eigenvalue weighted by Crippen LogP contribution is 2.33. The number of hydrogen-bond acceptors (Lipinski definition) is 2. The van der Waals surface area contributed by atoms with Gasteiger partial charge in [0.25, 0.3) is 0 Å². The van der Waals surface area contributed by atoms with Gasteiger partial charge >= 0.3 is 0 Å². The first kappa shape index (κ1) is 13.5. The van der Waals surface area contributed by atoms with E-state index < -0.39 is 0 Å². The second-order valence-corrected chi connectivity index (χ2v) is 5.79. The number of nitrogens with zero attached hydrogens (tertiary/aromatic N) is 1. The standard InChI is InChI=1S/C13H26N2O/c1-5-14-8-6-12(16)15-9-7-11(10-15)13(2,3)4/h11,14H,5-10H2,1-4H3. The van der Waals surface area contributed by atoms with Gasteiger partial charge in [-0.05, 0) is 24.3 Å². The van der Waals surface area contributed by atoms with Gasteiger partial charge in [-0.1, -0.05) is 27.7 Å². The van der Waals surface area contributed by atoms with Crippen molar-refractivity contribution in [2.24, 2.45) is 11.3 Å². The highest BCUT2D eigenvalue weighted by molar-refractivity contribution is 5.76. The van der Waals surface area contributed by atoms with Gasteiger partial charge in [-0.3, -0.25) is 4.79 Å². The molecule has 0 aromatic carbocycles. The minimum atomic E-state index is 0.313. The van der Waals surface area contributed by atoms with Gasteiger partial charge in [0.15, 0.2) is 0 Å². The Balaban J connectivity index is 2.32. The Morgan fingerprint density at radius 1 is 1.44 bits per heavy atom. The molecule has 3 heteroatoms. The van der Waals surface area contributed by atoms with Crippen LogP contribution in [0.1, 0.15) is 40.5 Å². The van der Waals surface area contributed by atoms with E-state index in [4.69, 9.17) is 0 Å². The summed E-state index contributed by atoms with van der Waals surface area (Å²) in [5.41, 5.74) is 0.330. The van der Waals surface area contributed by atoms with Gasteiger partial charge in [-0.25, -0.2) is 0 Å². The SMILES string of the molecule is CCNCCC(=O)N1CCC(C(C)(C)C)C1. The van der Waals surface area contributed by atoms with Gasteiger partial charge in [0.05, 0.1) is 0 Å². The van der Waals surface area contributed by atoms with Crippen molar-refractivity contribution in [1.82, 2.24) is 10.2 Å². The molecular weight excluding hydrogens is 200 g/mol. The average molecular weight is 226 g/mol. The highest BCUT2D eigenvalue weighted by atomic mass is 16.2. The van der Waals surface area contributed by atoms with Crippen molar-refractivity contribution in [1.29, 1.82) is 0 Å². The molecule has 1 aliphatic rings. The summed E-state index contributed by atoms with van der Waals surface area (Å²) in [6, 6.07) is 0. The first-order valence-electron chi connectivity index (χ1n) is 6.43. The average Bonchev–Trinajstić information content (AvgIpc) is 2.66. The molecule has 1 fully saturated rings. The maximum atomic E-state index is 11.9. The third-order valence-electron chi connectivity index (χ3n) is 3.53. The van der Waals surface area contributed by atoms with E-state index in [1.807, 2.05) is 4.90 Å². The Morgan fingerprint density at radius 2 is 2.12 bits per heavy atom. The fourth-order valence-electron chi connectivity index (χ4n) is 2.22. The minimum Gasteiger partial charge on any atom is -0.342 e. The third-order valence-corrected chi connectivity index (χ3v) is 3.53. The monoisotopic (exact) mass is 226 g/mol. The van der Waals surface area contributed by atoms with Crippen LogP contribution >= 0.6 is 0 Å². The Morgan fingerprint density at radius 3 is 2.62 bits per heavy atom. The largest absolute Gasteiger partial charge is 0.342 e. The van der Waals surface area contributed by atoms with E-state index >= 15 is 0 Å². The van der Waals surface area contributed by atoms with Crippen LogP contribution in [-0.2, 0) is 4.79 Å². The smallest absolute Gasteiger partial charge is 0.223 e. The van der Waals surface area contributed by atoms with Crippen molar-refractivity contribution in [3.63, 3.8) is 0 Å². The molecule has 1 atom stereocenters. The fourth-order valence-corrected chi connectivity index (χ4v) is 2.22. The summed E-state index contributed by atoms with van der Waals surface area (Å²) in [6.07, 6.45) is 1.81. The molecule has 1 saturated heterocycles. The molecule has 0 saturated carbocycles. The molecule has 1 unspecified atom stereocenters. The number of amides is 1. The van der Waals surface area contributed by atoms with Crippen LogP contribution < -0.4 is 5.32 Å². The van der Waals surface area contributed by atoms with E-state index in [9.17, 15) is 4.79 Å². The topological polar surface area (TPSA) is 32.3 Å². The fraction of sp³-hybridized carbons (Fsp3) is 0.923. The van der Waals surface area contributed by atoms with Gasteiger partial charge in [0.2, 0.25) is 5.91 Å². The first-order chi connectivity index (χ1) is 7.45. The number of likely N-dealkylation sites (tertiary alicyclic amines) is 1. The molecule has 1 amide bonds. The number of carbonyl (C=O) groups is 1. The molecule has 1 heterocycles. The maximum absolute atomic E-state index is 11.9. The lowest BCUT2D eigenvalue weighted by atomic mass is 9.80. The van der Waals surface area contributed by atoms with Crippen LogP contribution in [0, 0.1) is 11.3 Å². The van der Waals surface area contributed by atoms with Crippen molar-refractivity contribution in [2.75, 3.05) is 26.2 Å². The Kier molecular flexibility index (Phi) is 4.78. The lowest BCUT2D eigenvalue weighted by Crippen LogP contribution is -2.33. The van der Waals surface area contributed by atoms with Gasteiger partial charge in [-0.15, -0.1) is 0 Å². The summed E-state index contributed by atoms with van der Waals surface area (Å²) in [6.45, 7) is 12.5. The Hall–Kier alpha value is -0.570. The van der Waals surface area contributed by atoms with E-state index in [0.717, 1.165) is 32.6 Å². The molecule has 94 valence electrons. The predicted octanol–water partition coefficient (Wildman–Crippen LogP) is 1.88. The summed E-state index contributed by atoms with van der Waals surface area (Å²) in [5, 5.41) is 3.20. The number of nitrogens with one attached hydrogen (secondary N) is 1. The molecule has 0 radical (unpaired) electrons. The number of carbonyl (C=O) groups excluding carboxylic acids is 1. The zero-order valence-electron chi connectivity index (χ0n) is 11.2. The van der Waals surface area contributed by atoms with Crippen LogP contribution in [0.15, 0.2) is 0 Å². The summed E-state index contributed by atoms with van der Waals surface area (Å²) >= 11 is 0. The first-order valence-corrected chi connectivity index (χ1v) is 6.43. The Labute approximate surface area is 99.6 Å². The van der Waals surface area contributed by atoms with Crippen molar-refractivity contribution in [3.8, 4) is 0 Å². The highest BCUT2D eigenvalue weighted by Gasteiger charge is 2.33. The number of rotatable bonds is 4. The zero-order valence-corrected chi connectivity index (χ0v) is 11.2. The molecule has 0 bridgehead atoms. The van der Waals surface area contributed by atoms with Gasteiger partial charge in [0, 0.05) is 26.1 Å². The van der Waals surface area contributed by atoms with E-state index in [2.05, 4.69) is 33.0 Å². The van der Waals surface area contributed by atoms with Crippen molar-refractivity contribution in [3.05, 3.63) is 0 Å². The van der Waals surface area contributed by atoms with E-state index in [1.165, 1.54) is 0 Å². The molecule has 3 nitrogen and oxygen atoms in total. The van der Waals surface area contributed by atoms with Crippen molar-refractivity contribution in [2.45, 2.75) is 40.5 Å². The molecule has 1 N–H and O–H groups in total. The Bertz CT molecular complexity index is 233. The second kappa shape index (κ2) is 5.67. The third kappa shape index (κ3) is 3.78. The molecule has 0 aliphatic carbocycles. The molecule has 16 heavy (non-hydrogen) atoms. The second-order valence-electron chi connectivity index (χ2n) is 5.79. The molecular formula is C13H26N2O. The van der Waals surface area contributed by atoms with Crippen molar-refractivity contribution >= 4 is 5.91 Å². The molecule has 0 spiro atoms. The lowest BCUT2D eigenvalue weighted by Gasteiger charge is -2.27. The minimum absolute atomic E-state index is 0.313. The van der Waals surface area contributed by atoms with Crippen LogP contribution in [0.3, 0.4) is 0 Å². The van der Waals surface area contributed by atoms with Crippen LogP contribution in [0.2, 0.25) is 0 Å². The summed E-state index contributed by atoms with van der Waals surface area (Å²) in [5.74, 6) is 0.975. The predicted molar refractivity (Wildman–Crippen MR) is 67.3 cm³/mol. The van der Waals surface area contributed by atoms with Crippen molar-refractivity contribution < 1.29 is 4.79 Å². The van der Waals surface area contributed by atoms with Crippen LogP contribution in [0.4, 0.5) is 0 Å². The molecule has 0 aromatic heterocycles. The summed E-state index contributed by atoms with van der Waals surface area (Å²) in [7, 11) is 0. The van der Waals surface area contributed by atoms with E-state index in [0.29, 0.717) is 23.7 Å². The summed E-state index contributed by atoms with van der Waals surface area (Å²) in [4.78, 5) is 13.9. The molecule has 0 aromatic rings. The van der Waals surface area contributed by atoms with Crippen LogP contribution in [0.25, 0.3) is 0 Å². The van der Waals surface area contributed by atoms with E-state index in [1.54, 1.807) is 0 Å². The normalized spacial score (nSPS) is 21.5. The lowest BCUT2D eigenvalue weighted by molar-refractivity contribution is -0.130. The van der Waals surface area contributed by atoms with Crippen LogP contribution in [-0.4, -0.2) is 37.0 Å². The maximum Gasteiger partial charge on any atom is 0.223 e. The van der Waals surface area contributed by atoms with Gasteiger partial charge < -0.3 is 10.2 Å². The van der Waals surface area contributed by atoms with E-state index in [-0.39, 0.29) is 0 Å². The van der Waals surface area contributed by atoms with Gasteiger partial charge in [-0.2, -0.15) is 0 Å². The quantitative estimate of drug-likeness (QED) is 0.742. The van der Waals surface area contributed by atoms with Crippen LogP contribution in [0.5, 0.6) is 0 Å².